The zero-order valence-corrected chi connectivity index (χ0v) is 17.8. The maximum atomic E-state index is 12.9. The lowest BCUT2D eigenvalue weighted by molar-refractivity contribution is 0.0698. The molecule has 10 heteroatoms. The average molecular weight is 442 g/mol. The number of sulfonamides is 1. The van der Waals surface area contributed by atoms with E-state index < -0.39 is 21.3 Å². The van der Waals surface area contributed by atoms with Crippen LogP contribution in [-0.4, -0.2) is 59.3 Å². The third kappa shape index (κ3) is 3.79. The van der Waals surface area contributed by atoms with Gasteiger partial charge in [0.05, 0.1) is 15.8 Å². The number of nitrogens with zero attached hydrogens (tertiary/aromatic N) is 3. The van der Waals surface area contributed by atoms with Crippen molar-refractivity contribution in [1.82, 2.24) is 18.8 Å². The van der Waals surface area contributed by atoms with Crippen molar-refractivity contribution in [2.45, 2.75) is 18.4 Å². The Labute approximate surface area is 178 Å². The van der Waals surface area contributed by atoms with Gasteiger partial charge in [-0.05, 0) is 37.3 Å². The predicted molar refractivity (Wildman–Crippen MR) is 116 cm³/mol. The van der Waals surface area contributed by atoms with Gasteiger partial charge in [-0.1, -0.05) is 18.2 Å². The fraction of sp³-hybridized carbons (Fsp3) is 0.286. The summed E-state index contributed by atoms with van der Waals surface area (Å²) in [4.78, 5) is 41.8. The third-order valence-electron chi connectivity index (χ3n) is 5.45. The minimum absolute atomic E-state index is 0.189. The lowest BCUT2D eigenvalue weighted by Crippen LogP contribution is -2.50. The van der Waals surface area contributed by atoms with E-state index in [4.69, 9.17) is 0 Å². The van der Waals surface area contributed by atoms with E-state index in [9.17, 15) is 22.8 Å². The van der Waals surface area contributed by atoms with Crippen molar-refractivity contribution in [3.05, 3.63) is 74.9 Å². The zero-order valence-electron chi connectivity index (χ0n) is 16.9. The van der Waals surface area contributed by atoms with Crippen LogP contribution in [0, 0.1) is 0 Å². The Morgan fingerprint density at radius 2 is 1.68 bits per heavy atom. The molecule has 4 rings (SSSR count). The standard InChI is InChI=1S/C21H22N4O5S/c1-2-25-20(27)17-9-8-15(14-18(17)22-21(25)28)19(26)23-10-12-24(13-11-23)31(29,30)16-6-4-3-5-7-16/h3-9,14H,2,10-13H2,1H3,(H,22,28). The number of carbonyl (C=O) groups is 1. The van der Waals surface area contributed by atoms with Crippen molar-refractivity contribution in [1.29, 1.82) is 0 Å². The van der Waals surface area contributed by atoms with Crippen LogP contribution in [0.5, 0.6) is 0 Å². The molecule has 2 aromatic carbocycles. The van der Waals surface area contributed by atoms with Crippen LogP contribution in [-0.2, 0) is 16.6 Å². The van der Waals surface area contributed by atoms with Crippen molar-refractivity contribution >= 4 is 26.8 Å². The van der Waals surface area contributed by atoms with Gasteiger partial charge in [0.25, 0.3) is 11.5 Å². The number of carbonyl (C=O) groups excluding carboxylic acids is 1. The maximum Gasteiger partial charge on any atom is 0.328 e. The van der Waals surface area contributed by atoms with Crippen LogP contribution in [0.2, 0.25) is 0 Å². The predicted octanol–water partition coefficient (Wildman–Crippen LogP) is 0.856. The first-order valence-electron chi connectivity index (χ1n) is 9.94. The molecule has 162 valence electrons. The molecule has 1 saturated heterocycles. The quantitative estimate of drug-likeness (QED) is 0.644. The van der Waals surface area contributed by atoms with E-state index in [2.05, 4.69) is 4.98 Å². The summed E-state index contributed by atoms with van der Waals surface area (Å²) in [6.07, 6.45) is 0. The van der Waals surface area contributed by atoms with Crippen molar-refractivity contribution in [3.8, 4) is 0 Å². The van der Waals surface area contributed by atoms with Crippen molar-refractivity contribution in [2.24, 2.45) is 0 Å². The van der Waals surface area contributed by atoms with Gasteiger partial charge in [-0.2, -0.15) is 4.31 Å². The summed E-state index contributed by atoms with van der Waals surface area (Å²) >= 11 is 0. The van der Waals surface area contributed by atoms with Gasteiger partial charge in [0.15, 0.2) is 0 Å². The van der Waals surface area contributed by atoms with E-state index in [1.807, 2.05) is 0 Å². The highest BCUT2D eigenvalue weighted by Crippen LogP contribution is 2.19. The molecule has 1 N–H and O–H groups in total. The summed E-state index contributed by atoms with van der Waals surface area (Å²) in [5, 5.41) is 0.330. The number of aromatic amines is 1. The minimum atomic E-state index is -3.60. The van der Waals surface area contributed by atoms with Gasteiger partial charge in [0.2, 0.25) is 10.0 Å². The Morgan fingerprint density at radius 1 is 1.00 bits per heavy atom. The number of rotatable bonds is 4. The van der Waals surface area contributed by atoms with E-state index in [1.54, 1.807) is 48.2 Å². The van der Waals surface area contributed by atoms with E-state index in [0.717, 1.165) is 4.57 Å². The Hall–Kier alpha value is -3.24. The second kappa shape index (κ2) is 8.12. The number of nitrogens with one attached hydrogen (secondary N) is 1. The molecule has 1 aliphatic heterocycles. The van der Waals surface area contributed by atoms with Crippen LogP contribution in [0.1, 0.15) is 17.3 Å². The molecular weight excluding hydrogens is 420 g/mol. The molecule has 0 spiro atoms. The van der Waals surface area contributed by atoms with Crippen molar-refractivity contribution in [2.75, 3.05) is 26.2 Å². The number of fused-ring (bicyclic) bond motifs is 1. The number of H-pyrrole nitrogens is 1. The lowest BCUT2D eigenvalue weighted by atomic mass is 10.1. The average Bonchev–Trinajstić information content (AvgIpc) is 2.79. The van der Waals surface area contributed by atoms with E-state index in [1.165, 1.54) is 16.4 Å². The number of hydrogen-bond donors (Lipinski definition) is 1. The first-order valence-corrected chi connectivity index (χ1v) is 11.4. The zero-order chi connectivity index (χ0) is 22.2. The topological polar surface area (TPSA) is 113 Å². The van der Waals surface area contributed by atoms with Gasteiger partial charge in [-0.15, -0.1) is 0 Å². The van der Waals surface area contributed by atoms with E-state index in [0.29, 0.717) is 16.5 Å². The summed E-state index contributed by atoms with van der Waals surface area (Å²) in [5.41, 5.74) is -0.295. The van der Waals surface area contributed by atoms with Crippen molar-refractivity contribution < 1.29 is 13.2 Å². The highest BCUT2D eigenvalue weighted by atomic mass is 32.2. The first-order chi connectivity index (χ1) is 14.8. The molecule has 0 saturated carbocycles. The SMILES string of the molecule is CCn1c(=O)[nH]c2cc(C(=O)N3CCN(S(=O)(=O)c4ccccc4)CC3)ccc2c1=O. The molecule has 1 aliphatic rings. The Kier molecular flexibility index (Phi) is 5.50. The van der Waals surface area contributed by atoms with E-state index in [-0.39, 0.29) is 43.5 Å². The lowest BCUT2D eigenvalue weighted by Gasteiger charge is -2.34. The molecule has 1 amide bonds. The van der Waals surface area contributed by atoms with Crippen molar-refractivity contribution in [3.63, 3.8) is 0 Å². The molecule has 31 heavy (non-hydrogen) atoms. The normalized spacial score (nSPS) is 15.3. The number of benzene rings is 2. The molecule has 1 fully saturated rings. The molecule has 0 aliphatic carbocycles. The monoisotopic (exact) mass is 442 g/mol. The summed E-state index contributed by atoms with van der Waals surface area (Å²) in [5.74, 6) is -0.279. The van der Waals surface area contributed by atoms with E-state index >= 15 is 0 Å². The summed E-state index contributed by atoms with van der Waals surface area (Å²) in [7, 11) is -3.60. The minimum Gasteiger partial charge on any atom is -0.336 e. The Bertz CT molecular complexity index is 1350. The fourth-order valence-corrected chi connectivity index (χ4v) is 5.17. The van der Waals surface area contributed by atoms with Crippen LogP contribution < -0.4 is 11.2 Å². The Balaban J connectivity index is 1.53. The summed E-state index contributed by atoms with van der Waals surface area (Å²) in [6.45, 7) is 2.83. The molecule has 0 radical (unpaired) electrons. The highest BCUT2D eigenvalue weighted by Gasteiger charge is 2.30. The second-order valence-electron chi connectivity index (χ2n) is 7.25. The van der Waals surface area contributed by atoms with Crippen LogP contribution in [0.25, 0.3) is 10.9 Å². The largest absolute Gasteiger partial charge is 0.336 e. The van der Waals surface area contributed by atoms with Gasteiger partial charge in [-0.3, -0.25) is 14.2 Å². The second-order valence-corrected chi connectivity index (χ2v) is 9.19. The van der Waals surface area contributed by atoms with Crippen LogP contribution in [0.3, 0.4) is 0 Å². The molecule has 0 unspecified atom stereocenters. The molecule has 2 heterocycles. The molecule has 1 aromatic heterocycles. The highest BCUT2D eigenvalue weighted by molar-refractivity contribution is 7.89. The Morgan fingerprint density at radius 3 is 2.32 bits per heavy atom. The molecular formula is C21H22N4O5S. The van der Waals surface area contributed by atoms with Gasteiger partial charge in [-0.25, -0.2) is 13.2 Å². The number of hydrogen-bond acceptors (Lipinski definition) is 5. The maximum absolute atomic E-state index is 12.9. The van der Waals surface area contributed by atoms with Gasteiger partial charge >= 0.3 is 5.69 Å². The van der Waals surface area contributed by atoms with Crippen LogP contribution >= 0.6 is 0 Å². The number of piperazine rings is 1. The number of aromatic nitrogens is 2. The summed E-state index contributed by atoms with van der Waals surface area (Å²) in [6, 6.07) is 12.8. The third-order valence-corrected chi connectivity index (χ3v) is 7.36. The molecule has 0 bridgehead atoms. The van der Waals surface area contributed by atoms with Gasteiger partial charge in [0, 0.05) is 38.3 Å². The smallest absolute Gasteiger partial charge is 0.328 e. The first kappa shape index (κ1) is 21.0. The van der Waals surface area contributed by atoms with Crippen LogP contribution in [0.15, 0.2) is 63.0 Å². The van der Waals surface area contributed by atoms with Crippen LogP contribution in [0.4, 0.5) is 0 Å². The van der Waals surface area contributed by atoms with Gasteiger partial charge < -0.3 is 9.88 Å². The number of amides is 1. The van der Waals surface area contributed by atoms with Gasteiger partial charge in [0.1, 0.15) is 0 Å². The molecule has 9 nitrogen and oxygen atoms in total. The molecule has 0 atom stereocenters. The fourth-order valence-electron chi connectivity index (χ4n) is 3.73. The molecule has 3 aromatic rings. The summed E-state index contributed by atoms with van der Waals surface area (Å²) < 4.78 is 28.0.